The van der Waals surface area contributed by atoms with Gasteiger partial charge in [-0.3, -0.25) is 0 Å². The van der Waals surface area contributed by atoms with Gasteiger partial charge in [-0.25, -0.2) is 13.6 Å². The van der Waals surface area contributed by atoms with Gasteiger partial charge in [0, 0.05) is 5.56 Å². The molecule has 0 atom stereocenters. The molecule has 0 heterocycles. The Morgan fingerprint density at radius 1 is 1.29 bits per heavy atom. The van der Waals surface area contributed by atoms with Gasteiger partial charge in [-0.1, -0.05) is 20.8 Å². The van der Waals surface area contributed by atoms with E-state index in [1.165, 1.54) is 6.07 Å². The Labute approximate surface area is 103 Å². The molecule has 2 N–H and O–H groups in total. The van der Waals surface area contributed by atoms with Crippen LogP contribution in [0.5, 0.6) is 5.75 Å². The molecule has 0 aromatic heterocycles. The molecule has 0 bridgehead atoms. The number of sulfonamides is 1. The minimum absolute atomic E-state index is 0.117. The fourth-order valence-electron chi connectivity index (χ4n) is 1.55. The van der Waals surface area contributed by atoms with Gasteiger partial charge in [0.25, 0.3) is 0 Å². The van der Waals surface area contributed by atoms with E-state index >= 15 is 0 Å². The summed E-state index contributed by atoms with van der Waals surface area (Å²) in [5.74, 6) is 0.701. The zero-order chi connectivity index (χ0) is 13.3. The van der Waals surface area contributed by atoms with Gasteiger partial charge in [-0.2, -0.15) is 0 Å². The van der Waals surface area contributed by atoms with Crippen LogP contribution in [-0.4, -0.2) is 15.0 Å². The molecule has 0 amide bonds. The lowest BCUT2D eigenvalue weighted by Crippen LogP contribution is -2.17. The van der Waals surface area contributed by atoms with Gasteiger partial charge in [-0.15, -0.1) is 0 Å². The highest BCUT2D eigenvalue weighted by Crippen LogP contribution is 2.33. The second kappa shape index (κ2) is 4.66. The summed E-state index contributed by atoms with van der Waals surface area (Å²) in [4.78, 5) is 0.117. The summed E-state index contributed by atoms with van der Waals surface area (Å²) in [7, 11) is -3.67. The van der Waals surface area contributed by atoms with Gasteiger partial charge >= 0.3 is 0 Å². The van der Waals surface area contributed by atoms with E-state index in [4.69, 9.17) is 9.88 Å². The molecule has 0 spiro atoms. The Balaban J connectivity index is 3.40. The third-order valence-electron chi connectivity index (χ3n) is 2.39. The van der Waals surface area contributed by atoms with Crippen LogP contribution < -0.4 is 9.88 Å². The topological polar surface area (TPSA) is 69.4 Å². The maximum absolute atomic E-state index is 11.3. The molecule has 1 aromatic rings. The third-order valence-corrected chi connectivity index (χ3v) is 3.30. The molecule has 1 rings (SSSR count). The molecular weight excluding hydrogens is 238 g/mol. The first-order valence-corrected chi connectivity index (χ1v) is 7.01. The van der Waals surface area contributed by atoms with Gasteiger partial charge < -0.3 is 4.74 Å². The first-order chi connectivity index (χ1) is 7.66. The molecule has 17 heavy (non-hydrogen) atoms. The van der Waals surface area contributed by atoms with Crippen molar-refractivity contribution in [2.75, 3.05) is 6.61 Å². The van der Waals surface area contributed by atoms with Crippen molar-refractivity contribution >= 4 is 10.0 Å². The summed E-state index contributed by atoms with van der Waals surface area (Å²) < 4.78 is 28.1. The fraction of sp³-hybridized carbons (Fsp3) is 0.500. The third kappa shape index (κ3) is 3.44. The molecule has 0 unspecified atom stereocenters. The summed E-state index contributed by atoms with van der Waals surface area (Å²) in [5, 5.41) is 5.12. The Bertz CT molecular complexity index is 501. The second-order valence-corrected chi connectivity index (χ2v) is 6.45. The largest absolute Gasteiger partial charge is 0.494 e. The molecule has 96 valence electrons. The minimum atomic E-state index is -3.67. The number of rotatable bonds is 3. The van der Waals surface area contributed by atoms with Crippen LogP contribution in [0.2, 0.25) is 0 Å². The van der Waals surface area contributed by atoms with Gasteiger partial charge in [0.1, 0.15) is 5.75 Å². The Morgan fingerprint density at radius 3 is 2.29 bits per heavy atom. The molecule has 0 aliphatic heterocycles. The predicted octanol–water partition coefficient (Wildman–Crippen LogP) is 2.03. The van der Waals surface area contributed by atoms with Crippen LogP contribution in [0.1, 0.15) is 33.3 Å². The molecule has 0 saturated heterocycles. The number of nitrogens with two attached hydrogens (primary N) is 1. The van der Waals surface area contributed by atoms with Crippen molar-refractivity contribution in [2.24, 2.45) is 5.14 Å². The molecule has 4 nitrogen and oxygen atoms in total. The van der Waals surface area contributed by atoms with Crippen molar-refractivity contribution in [3.8, 4) is 5.75 Å². The van der Waals surface area contributed by atoms with E-state index in [9.17, 15) is 8.42 Å². The normalized spacial score (nSPS) is 12.5. The maximum atomic E-state index is 11.3. The Hall–Kier alpha value is -1.07. The number of hydrogen-bond donors (Lipinski definition) is 1. The molecular formula is C12H19NO3S. The van der Waals surface area contributed by atoms with Crippen molar-refractivity contribution in [3.05, 3.63) is 23.8 Å². The molecule has 0 radical (unpaired) electrons. The zero-order valence-electron chi connectivity index (χ0n) is 10.6. The van der Waals surface area contributed by atoms with E-state index in [-0.39, 0.29) is 10.3 Å². The number of primary sulfonamides is 1. The molecule has 5 heteroatoms. The number of ether oxygens (including phenoxy) is 1. The summed E-state index contributed by atoms with van der Waals surface area (Å²) in [5.41, 5.74) is 0.636. The standard InChI is InChI=1S/C12H19NO3S/c1-5-16-11-7-6-9(17(13,14)15)8-10(11)12(2,3)4/h6-8H,5H2,1-4H3,(H2,13,14,15). The Morgan fingerprint density at radius 2 is 1.88 bits per heavy atom. The van der Waals surface area contributed by atoms with E-state index in [0.717, 1.165) is 5.56 Å². The molecule has 0 fully saturated rings. The van der Waals surface area contributed by atoms with E-state index in [2.05, 4.69) is 0 Å². The average molecular weight is 257 g/mol. The van der Waals surface area contributed by atoms with Crippen LogP contribution in [0.4, 0.5) is 0 Å². The minimum Gasteiger partial charge on any atom is -0.494 e. The van der Waals surface area contributed by atoms with E-state index in [0.29, 0.717) is 12.4 Å². The number of benzene rings is 1. The molecule has 0 aliphatic carbocycles. The first-order valence-electron chi connectivity index (χ1n) is 5.46. The summed E-state index contributed by atoms with van der Waals surface area (Å²) in [6.45, 7) is 8.42. The lowest BCUT2D eigenvalue weighted by atomic mass is 9.86. The highest BCUT2D eigenvalue weighted by atomic mass is 32.2. The van der Waals surface area contributed by atoms with E-state index < -0.39 is 10.0 Å². The summed E-state index contributed by atoms with van der Waals surface area (Å²) in [6, 6.07) is 4.71. The van der Waals surface area contributed by atoms with Crippen LogP contribution in [0, 0.1) is 0 Å². The average Bonchev–Trinajstić information content (AvgIpc) is 2.15. The van der Waals surface area contributed by atoms with Crippen molar-refractivity contribution in [1.29, 1.82) is 0 Å². The lowest BCUT2D eigenvalue weighted by molar-refractivity contribution is 0.329. The monoisotopic (exact) mass is 257 g/mol. The van der Waals surface area contributed by atoms with Gasteiger partial charge in [0.2, 0.25) is 10.0 Å². The number of hydrogen-bond acceptors (Lipinski definition) is 3. The molecule has 1 aromatic carbocycles. The second-order valence-electron chi connectivity index (χ2n) is 4.89. The molecule has 0 saturated carbocycles. The van der Waals surface area contributed by atoms with Crippen molar-refractivity contribution in [3.63, 3.8) is 0 Å². The SMILES string of the molecule is CCOc1ccc(S(N)(=O)=O)cc1C(C)(C)C. The van der Waals surface area contributed by atoms with Crippen molar-refractivity contribution < 1.29 is 13.2 Å². The van der Waals surface area contributed by atoms with Crippen LogP contribution in [0.3, 0.4) is 0 Å². The van der Waals surface area contributed by atoms with Crippen LogP contribution in [0.15, 0.2) is 23.1 Å². The van der Waals surface area contributed by atoms with Gasteiger partial charge in [0.15, 0.2) is 0 Å². The fourth-order valence-corrected chi connectivity index (χ4v) is 2.09. The van der Waals surface area contributed by atoms with Crippen molar-refractivity contribution in [1.82, 2.24) is 0 Å². The quantitative estimate of drug-likeness (QED) is 0.900. The highest BCUT2D eigenvalue weighted by molar-refractivity contribution is 7.89. The van der Waals surface area contributed by atoms with E-state index in [1.54, 1.807) is 12.1 Å². The maximum Gasteiger partial charge on any atom is 0.238 e. The van der Waals surface area contributed by atoms with Crippen molar-refractivity contribution in [2.45, 2.75) is 38.0 Å². The van der Waals surface area contributed by atoms with Crippen LogP contribution in [0.25, 0.3) is 0 Å². The van der Waals surface area contributed by atoms with Crippen LogP contribution >= 0.6 is 0 Å². The smallest absolute Gasteiger partial charge is 0.238 e. The summed E-state index contributed by atoms with van der Waals surface area (Å²) >= 11 is 0. The lowest BCUT2D eigenvalue weighted by Gasteiger charge is -2.23. The predicted molar refractivity (Wildman–Crippen MR) is 67.7 cm³/mol. The first kappa shape index (κ1) is 14.0. The molecule has 0 aliphatic rings. The highest BCUT2D eigenvalue weighted by Gasteiger charge is 2.21. The van der Waals surface area contributed by atoms with Crippen LogP contribution in [-0.2, 0) is 15.4 Å². The van der Waals surface area contributed by atoms with E-state index in [1.807, 2.05) is 27.7 Å². The Kier molecular flexibility index (Phi) is 3.84. The zero-order valence-corrected chi connectivity index (χ0v) is 11.5. The van der Waals surface area contributed by atoms with Gasteiger partial charge in [-0.05, 0) is 30.5 Å². The van der Waals surface area contributed by atoms with Gasteiger partial charge in [0.05, 0.1) is 11.5 Å². The summed E-state index contributed by atoms with van der Waals surface area (Å²) in [6.07, 6.45) is 0.